The van der Waals surface area contributed by atoms with Gasteiger partial charge in [0.1, 0.15) is 5.82 Å². The molecule has 3 N–H and O–H groups in total. The van der Waals surface area contributed by atoms with Crippen molar-refractivity contribution in [2.75, 3.05) is 31.7 Å². The van der Waals surface area contributed by atoms with Crippen molar-refractivity contribution in [3.8, 4) is 0 Å². The number of rotatable bonds is 7. The summed E-state index contributed by atoms with van der Waals surface area (Å²) in [5, 5.41) is 7.26. The molecular weight excluding hydrogens is 218 g/mol. The smallest absolute Gasteiger partial charge is 0.150 e. The molecule has 0 saturated heterocycles. The van der Waals surface area contributed by atoms with Gasteiger partial charge in [0.15, 0.2) is 0 Å². The molecule has 0 radical (unpaired) electrons. The molecule has 6 nitrogen and oxygen atoms in total. The van der Waals surface area contributed by atoms with Crippen LogP contribution >= 0.6 is 0 Å². The molecule has 0 amide bonds. The van der Waals surface area contributed by atoms with Crippen molar-refractivity contribution in [3.05, 3.63) is 18.1 Å². The number of amidine groups is 1. The molecule has 0 aliphatic carbocycles. The Morgan fingerprint density at radius 3 is 2.71 bits per heavy atom. The van der Waals surface area contributed by atoms with Crippen LogP contribution in [0.3, 0.4) is 0 Å². The van der Waals surface area contributed by atoms with Crippen LogP contribution < -0.4 is 10.6 Å². The lowest BCUT2D eigenvalue weighted by Crippen LogP contribution is -2.32. The lowest BCUT2D eigenvalue weighted by Gasteiger charge is -2.24. The zero-order chi connectivity index (χ0) is 12.7. The lowest BCUT2D eigenvalue weighted by atomic mass is 10.3. The van der Waals surface area contributed by atoms with Crippen LogP contribution in [0.4, 0.5) is 5.82 Å². The standard InChI is InChI=1S/C11H19N5O/c1-9-11(15-5-4-14-9)16(7-8-17-2)6-3-10(12)13/h4-5H,3,6-8H2,1-2H3,(H3,12,13). The minimum absolute atomic E-state index is 0.175. The summed E-state index contributed by atoms with van der Waals surface area (Å²) in [5.74, 6) is 1.000. The largest absolute Gasteiger partial charge is 0.388 e. The highest BCUT2D eigenvalue weighted by Gasteiger charge is 2.11. The zero-order valence-electron chi connectivity index (χ0n) is 10.3. The average molecular weight is 237 g/mol. The van der Waals surface area contributed by atoms with Crippen molar-refractivity contribution >= 4 is 11.7 Å². The molecule has 0 aromatic carbocycles. The summed E-state index contributed by atoms with van der Waals surface area (Å²) < 4.78 is 5.07. The van der Waals surface area contributed by atoms with E-state index in [1.54, 1.807) is 19.5 Å². The van der Waals surface area contributed by atoms with E-state index in [-0.39, 0.29) is 5.84 Å². The summed E-state index contributed by atoms with van der Waals surface area (Å²) in [5.41, 5.74) is 6.24. The van der Waals surface area contributed by atoms with E-state index in [4.69, 9.17) is 15.9 Å². The second-order valence-corrected chi connectivity index (χ2v) is 3.72. The predicted octanol–water partition coefficient (Wildman–Crippen LogP) is 0.564. The van der Waals surface area contributed by atoms with E-state index in [1.165, 1.54) is 0 Å². The molecule has 1 aromatic rings. The minimum Gasteiger partial charge on any atom is -0.388 e. The third-order valence-corrected chi connectivity index (χ3v) is 2.37. The highest BCUT2D eigenvalue weighted by Crippen LogP contribution is 2.13. The first kappa shape index (κ1) is 13.4. The molecule has 17 heavy (non-hydrogen) atoms. The molecule has 1 heterocycles. The van der Waals surface area contributed by atoms with Crippen molar-refractivity contribution in [2.24, 2.45) is 5.73 Å². The second kappa shape index (κ2) is 6.80. The van der Waals surface area contributed by atoms with Gasteiger partial charge in [-0.25, -0.2) is 4.98 Å². The summed E-state index contributed by atoms with van der Waals surface area (Å²) in [4.78, 5) is 10.5. The fraction of sp³-hybridized carbons (Fsp3) is 0.545. The zero-order valence-corrected chi connectivity index (χ0v) is 10.3. The minimum atomic E-state index is 0.175. The first-order valence-electron chi connectivity index (χ1n) is 5.49. The first-order chi connectivity index (χ1) is 8.15. The van der Waals surface area contributed by atoms with Crippen LogP contribution in [-0.2, 0) is 4.74 Å². The highest BCUT2D eigenvalue weighted by atomic mass is 16.5. The number of ether oxygens (including phenoxy) is 1. The Morgan fingerprint density at radius 2 is 2.12 bits per heavy atom. The molecule has 0 aliphatic rings. The number of aryl methyl sites for hydroxylation is 1. The Labute approximate surface area is 101 Å². The van der Waals surface area contributed by atoms with Crippen molar-refractivity contribution in [1.29, 1.82) is 5.41 Å². The number of nitrogens with two attached hydrogens (primary N) is 1. The molecule has 0 unspecified atom stereocenters. The summed E-state index contributed by atoms with van der Waals surface area (Å²) in [6, 6.07) is 0. The molecule has 6 heteroatoms. The van der Waals surface area contributed by atoms with Gasteiger partial charge in [0.2, 0.25) is 0 Å². The molecule has 0 aliphatic heterocycles. The molecule has 0 fully saturated rings. The maximum atomic E-state index is 7.26. The van der Waals surface area contributed by atoms with Crippen LogP contribution in [0.2, 0.25) is 0 Å². The molecule has 94 valence electrons. The van der Waals surface area contributed by atoms with Crippen LogP contribution in [0.25, 0.3) is 0 Å². The number of hydrogen-bond acceptors (Lipinski definition) is 5. The number of methoxy groups -OCH3 is 1. The van der Waals surface area contributed by atoms with Gasteiger partial charge in [-0.2, -0.15) is 0 Å². The lowest BCUT2D eigenvalue weighted by molar-refractivity contribution is 0.205. The Bertz CT molecular complexity index is 369. The van der Waals surface area contributed by atoms with Crippen molar-refractivity contribution in [1.82, 2.24) is 9.97 Å². The summed E-state index contributed by atoms with van der Waals surface area (Å²) in [6.07, 6.45) is 3.84. The van der Waals surface area contributed by atoms with Gasteiger partial charge in [0.25, 0.3) is 0 Å². The molecule has 0 bridgehead atoms. The van der Waals surface area contributed by atoms with Gasteiger partial charge >= 0.3 is 0 Å². The SMILES string of the molecule is COCCN(CCC(=N)N)c1nccnc1C. The molecule has 1 aromatic heterocycles. The van der Waals surface area contributed by atoms with Crippen molar-refractivity contribution in [2.45, 2.75) is 13.3 Å². The number of nitrogens with one attached hydrogen (secondary N) is 1. The van der Waals surface area contributed by atoms with Gasteiger partial charge in [0, 0.05) is 39.0 Å². The average Bonchev–Trinajstić information content (AvgIpc) is 2.30. The van der Waals surface area contributed by atoms with Gasteiger partial charge < -0.3 is 15.4 Å². The Kier molecular flexibility index (Phi) is 5.35. The van der Waals surface area contributed by atoms with E-state index >= 15 is 0 Å². The maximum absolute atomic E-state index is 7.26. The fourth-order valence-corrected chi connectivity index (χ4v) is 1.49. The summed E-state index contributed by atoms with van der Waals surface area (Å²) in [7, 11) is 1.66. The van der Waals surface area contributed by atoms with E-state index < -0.39 is 0 Å². The third-order valence-electron chi connectivity index (χ3n) is 2.37. The van der Waals surface area contributed by atoms with Crippen LogP contribution in [0, 0.1) is 12.3 Å². The second-order valence-electron chi connectivity index (χ2n) is 3.72. The number of nitrogens with zero attached hydrogens (tertiary/aromatic N) is 3. The summed E-state index contributed by atoms with van der Waals surface area (Å²) in [6.45, 7) is 3.88. The Hall–Kier alpha value is -1.69. The molecular formula is C11H19N5O. The molecule has 0 atom stereocenters. The van der Waals surface area contributed by atoms with Crippen molar-refractivity contribution in [3.63, 3.8) is 0 Å². The first-order valence-corrected chi connectivity index (χ1v) is 5.49. The monoisotopic (exact) mass is 237 g/mol. The highest BCUT2D eigenvalue weighted by molar-refractivity contribution is 5.77. The predicted molar refractivity (Wildman–Crippen MR) is 67.4 cm³/mol. The number of aromatic nitrogens is 2. The van der Waals surface area contributed by atoms with E-state index in [1.807, 2.05) is 11.8 Å². The summed E-state index contributed by atoms with van der Waals surface area (Å²) >= 11 is 0. The molecule has 0 saturated carbocycles. The van der Waals surface area contributed by atoms with E-state index in [0.717, 1.165) is 11.5 Å². The van der Waals surface area contributed by atoms with Gasteiger partial charge in [-0.15, -0.1) is 0 Å². The van der Waals surface area contributed by atoms with Gasteiger partial charge in [-0.3, -0.25) is 10.4 Å². The third kappa shape index (κ3) is 4.36. The van der Waals surface area contributed by atoms with E-state index in [2.05, 4.69) is 9.97 Å². The van der Waals surface area contributed by atoms with Crippen LogP contribution in [0.15, 0.2) is 12.4 Å². The quantitative estimate of drug-likeness (QED) is 0.534. The van der Waals surface area contributed by atoms with Crippen LogP contribution in [-0.4, -0.2) is 42.6 Å². The molecule has 0 spiro atoms. The van der Waals surface area contributed by atoms with Gasteiger partial charge in [-0.05, 0) is 6.92 Å². The van der Waals surface area contributed by atoms with Gasteiger partial charge in [-0.1, -0.05) is 0 Å². The van der Waals surface area contributed by atoms with E-state index in [9.17, 15) is 0 Å². The van der Waals surface area contributed by atoms with Crippen LogP contribution in [0.5, 0.6) is 0 Å². The Morgan fingerprint density at radius 1 is 1.41 bits per heavy atom. The topological polar surface area (TPSA) is 88.1 Å². The fourth-order valence-electron chi connectivity index (χ4n) is 1.49. The van der Waals surface area contributed by atoms with Crippen LogP contribution in [0.1, 0.15) is 12.1 Å². The maximum Gasteiger partial charge on any atom is 0.150 e. The number of anilines is 1. The van der Waals surface area contributed by atoms with Crippen molar-refractivity contribution < 1.29 is 4.74 Å². The Balaban J connectivity index is 2.74. The normalized spacial score (nSPS) is 10.2. The number of hydrogen-bond donors (Lipinski definition) is 2. The molecule has 1 rings (SSSR count). The van der Waals surface area contributed by atoms with Gasteiger partial charge in [0.05, 0.1) is 18.1 Å². The van der Waals surface area contributed by atoms with E-state index in [0.29, 0.717) is 26.1 Å².